The summed E-state index contributed by atoms with van der Waals surface area (Å²) in [5, 5.41) is 12.5. The molecule has 0 amide bonds. The summed E-state index contributed by atoms with van der Waals surface area (Å²) in [4.78, 5) is 30.5. The zero-order chi connectivity index (χ0) is 20.4. The maximum atomic E-state index is 11.6. The average Bonchev–Trinajstić information content (AvgIpc) is 2.96. The van der Waals surface area contributed by atoms with Crippen LogP contribution in [-0.4, -0.2) is 31.7 Å². The molecule has 1 aromatic carbocycles. The number of aromatic amines is 1. The molecule has 7 nitrogen and oxygen atoms in total. The van der Waals surface area contributed by atoms with Crippen LogP contribution >= 0.6 is 0 Å². The van der Waals surface area contributed by atoms with Crippen LogP contribution in [0.25, 0.3) is 22.4 Å². The van der Waals surface area contributed by atoms with Gasteiger partial charge in [-0.25, -0.2) is 4.98 Å². The van der Waals surface area contributed by atoms with Crippen molar-refractivity contribution in [3.63, 3.8) is 0 Å². The fourth-order valence-corrected chi connectivity index (χ4v) is 3.32. The summed E-state index contributed by atoms with van der Waals surface area (Å²) >= 11 is 0. The third-order valence-corrected chi connectivity index (χ3v) is 4.85. The normalized spacial score (nSPS) is 12.6. The van der Waals surface area contributed by atoms with Crippen molar-refractivity contribution in [3.05, 3.63) is 51.9 Å². The fourth-order valence-electron chi connectivity index (χ4n) is 3.32. The smallest absolute Gasteiger partial charge is 0.320 e. The third kappa shape index (κ3) is 4.14. The van der Waals surface area contributed by atoms with Gasteiger partial charge in [0.05, 0.1) is 11.0 Å². The summed E-state index contributed by atoms with van der Waals surface area (Å²) in [5.41, 5.74) is 4.16. The summed E-state index contributed by atoms with van der Waals surface area (Å²) < 4.78 is 1.98. The zero-order valence-electron chi connectivity index (χ0n) is 16.6. The number of fused-ring (bicyclic) bond motifs is 1. The molecule has 148 valence electrons. The zero-order valence-corrected chi connectivity index (χ0v) is 16.6. The highest BCUT2D eigenvalue weighted by molar-refractivity contribution is 5.81. The van der Waals surface area contributed by atoms with E-state index in [0.717, 1.165) is 28.0 Å². The van der Waals surface area contributed by atoms with Crippen molar-refractivity contribution in [2.75, 3.05) is 0 Å². The quantitative estimate of drug-likeness (QED) is 0.583. The summed E-state index contributed by atoms with van der Waals surface area (Å²) in [5.74, 6) is 0.237. The first-order chi connectivity index (χ1) is 13.3. The highest BCUT2D eigenvalue weighted by Gasteiger charge is 2.18. The number of carbonyl (C=O) groups is 1. The first-order valence-electron chi connectivity index (χ1n) is 9.37. The average molecular weight is 382 g/mol. The Kier molecular flexibility index (Phi) is 5.65. The molecule has 0 fully saturated rings. The Morgan fingerprint density at radius 3 is 2.71 bits per heavy atom. The van der Waals surface area contributed by atoms with Gasteiger partial charge in [-0.2, -0.15) is 0 Å². The Balaban J connectivity index is 1.86. The van der Waals surface area contributed by atoms with Crippen LogP contribution in [0.4, 0.5) is 0 Å². The van der Waals surface area contributed by atoms with Gasteiger partial charge in [0, 0.05) is 30.9 Å². The van der Waals surface area contributed by atoms with Crippen molar-refractivity contribution in [2.24, 2.45) is 13.0 Å². The van der Waals surface area contributed by atoms with Crippen molar-refractivity contribution >= 4 is 17.0 Å². The molecule has 2 aromatic heterocycles. The van der Waals surface area contributed by atoms with E-state index in [9.17, 15) is 14.7 Å². The van der Waals surface area contributed by atoms with Gasteiger partial charge < -0.3 is 20.0 Å². The first-order valence-corrected chi connectivity index (χ1v) is 9.37. The molecule has 2 heterocycles. The van der Waals surface area contributed by atoms with Gasteiger partial charge in [0.2, 0.25) is 0 Å². The summed E-state index contributed by atoms with van der Waals surface area (Å²) in [6.45, 7) is 6.25. The maximum Gasteiger partial charge on any atom is 0.320 e. The van der Waals surface area contributed by atoms with Crippen molar-refractivity contribution < 1.29 is 9.90 Å². The topological polar surface area (TPSA) is 100 Å². The first kappa shape index (κ1) is 19.8. The van der Waals surface area contributed by atoms with Gasteiger partial charge in [-0.1, -0.05) is 19.9 Å². The van der Waals surface area contributed by atoms with E-state index in [0.29, 0.717) is 24.4 Å². The number of aryl methyl sites for hydroxylation is 2. The molecule has 0 aliphatic heterocycles. The van der Waals surface area contributed by atoms with Crippen LogP contribution in [-0.2, 0) is 18.4 Å². The van der Waals surface area contributed by atoms with Gasteiger partial charge in [-0.15, -0.1) is 0 Å². The standard InChI is InChI=1S/C21H26N4O3/c1-12(2)7-17(21(27)28)22-10-14-5-6-18-16(9-14)24-19(25(18)4)15-8-13(3)20(26)23-11-15/h5-6,8-9,11-12,17,22H,7,10H2,1-4H3,(H,23,26)(H,27,28)/t17-/m0/s1. The summed E-state index contributed by atoms with van der Waals surface area (Å²) in [6, 6.07) is 7.19. The lowest BCUT2D eigenvalue weighted by Crippen LogP contribution is -2.37. The molecule has 3 rings (SSSR count). The number of H-pyrrole nitrogens is 1. The minimum Gasteiger partial charge on any atom is -0.480 e. The van der Waals surface area contributed by atoms with Crippen LogP contribution in [0.1, 0.15) is 31.4 Å². The molecule has 28 heavy (non-hydrogen) atoms. The second-order valence-electron chi connectivity index (χ2n) is 7.62. The van der Waals surface area contributed by atoms with Gasteiger partial charge in [0.25, 0.3) is 5.56 Å². The number of hydrogen-bond donors (Lipinski definition) is 3. The van der Waals surface area contributed by atoms with E-state index >= 15 is 0 Å². The Hall–Kier alpha value is -2.93. The van der Waals surface area contributed by atoms with Crippen LogP contribution in [0.2, 0.25) is 0 Å². The molecule has 0 unspecified atom stereocenters. The molecule has 0 saturated carbocycles. The maximum absolute atomic E-state index is 11.6. The summed E-state index contributed by atoms with van der Waals surface area (Å²) in [6.07, 6.45) is 2.25. The summed E-state index contributed by atoms with van der Waals surface area (Å²) in [7, 11) is 1.94. The number of rotatable bonds is 7. The molecule has 0 spiro atoms. The van der Waals surface area contributed by atoms with Crippen LogP contribution in [0.5, 0.6) is 0 Å². The lowest BCUT2D eigenvalue weighted by atomic mass is 10.0. The molecule has 0 radical (unpaired) electrons. The molecule has 0 aliphatic carbocycles. The Morgan fingerprint density at radius 2 is 2.07 bits per heavy atom. The number of benzene rings is 1. The van der Waals surface area contributed by atoms with Crippen LogP contribution in [0.15, 0.2) is 35.3 Å². The number of hydrogen-bond acceptors (Lipinski definition) is 4. The minimum absolute atomic E-state index is 0.106. The van der Waals surface area contributed by atoms with Gasteiger partial charge in [0.15, 0.2) is 0 Å². The minimum atomic E-state index is -0.830. The number of nitrogens with one attached hydrogen (secondary N) is 2. The second-order valence-corrected chi connectivity index (χ2v) is 7.62. The lowest BCUT2D eigenvalue weighted by Gasteiger charge is -2.16. The number of carboxylic acids is 1. The molecule has 3 aromatic rings. The number of imidazole rings is 1. The molecule has 0 bridgehead atoms. The van der Waals surface area contributed by atoms with Gasteiger partial charge in [-0.05, 0) is 43.0 Å². The predicted octanol–water partition coefficient (Wildman–Crippen LogP) is 2.83. The van der Waals surface area contributed by atoms with Crippen molar-refractivity contribution in [3.8, 4) is 11.4 Å². The van der Waals surface area contributed by atoms with Gasteiger partial charge in [0.1, 0.15) is 11.9 Å². The van der Waals surface area contributed by atoms with Crippen molar-refractivity contribution in [1.29, 1.82) is 0 Å². The molecule has 1 atom stereocenters. The van der Waals surface area contributed by atoms with Crippen LogP contribution in [0.3, 0.4) is 0 Å². The molecular formula is C21H26N4O3. The molecule has 0 saturated heterocycles. The highest BCUT2D eigenvalue weighted by Crippen LogP contribution is 2.24. The van der Waals surface area contributed by atoms with Crippen molar-refractivity contribution in [1.82, 2.24) is 19.9 Å². The van der Waals surface area contributed by atoms with Crippen LogP contribution in [0, 0.1) is 12.8 Å². The van der Waals surface area contributed by atoms with E-state index in [1.165, 1.54) is 0 Å². The van der Waals surface area contributed by atoms with Gasteiger partial charge in [-0.3, -0.25) is 9.59 Å². The Labute approximate surface area is 163 Å². The molecule has 0 aliphatic rings. The van der Waals surface area contributed by atoms with E-state index in [4.69, 9.17) is 4.98 Å². The van der Waals surface area contributed by atoms with E-state index < -0.39 is 12.0 Å². The molecular weight excluding hydrogens is 356 g/mol. The SMILES string of the molecule is Cc1cc(-c2nc3cc(CN[C@@H](CC(C)C)C(=O)O)ccc3n2C)c[nH]c1=O. The predicted molar refractivity (Wildman–Crippen MR) is 109 cm³/mol. The number of aliphatic carboxylic acids is 1. The number of carboxylic acid groups (broad SMARTS) is 1. The fraction of sp³-hybridized carbons (Fsp3) is 0.381. The van der Waals surface area contributed by atoms with E-state index in [-0.39, 0.29) is 5.56 Å². The Morgan fingerprint density at radius 1 is 1.32 bits per heavy atom. The van der Waals surface area contributed by atoms with Crippen LogP contribution < -0.4 is 10.9 Å². The van der Waals surface area contributed by atoms with Gasteiger partial charge >= 0.3 is 5.97 Å². The largest absolute Gasteiger partial charge is 0.480 e. The van der Waals surface area contributed by atoms with Crippen molar-refractivity contribution in [2.45, 2.75) is 39.8 Å². The number of nitrogens with zero attached hydrogens (tertiary/aromatic N) is 2. The third-order valence-electron chi connectivity index (χ3n) is 4.85. The molecule has 7 heteroatoms. The Bertz CT molecular complexity index is 1070. The van der Waals surface area contributed by atoms with E-state index in [1.807, 2.05) is 49.7 Å². The van der Waals surface area contributed by atoms with E-state index in [1.54, 1.807) is 13.1 Å². The lowest BCUT2D eigenvalue weighted by molar-refractivity contribution is -0.140. The monoisotopic (exact) mass is 382 g/mol. The highest BCUT2D eigenvalue weighted by atomic mass is 16.4. The number of pyridine rings is 1. The van der Waals surface area contributed by atoms with E-state index in [2.05, 4.69) is 10.3 Å². The number of aromatic nitrogens is 3. The second kappa shape index (κ2) is 7.98. The molecule has 3 N–H and O–H groups in total.